The maximum Gasteiger partial charge on any atom is 0.265 e. The number of sulfonamides is 1. The Kier molecular flexibility index (Phi) is 3.77. The van der Waals surface area contributed by atoms with Gasteiger partial charge in [-0.1, -0.05) is 23.2 Å². The van der Waals surface area contributed by atoms with Crippen LogP contribution in [-0.4, -0.2) is 36.4 Å². The fourth-order valence-corrected chi connectivity index (χ4v) is 4.29. The second-order valence-electron chi connectivity index (χ2n) is 6.20. The monoisotopic (exact) mass is 400 g/mol. The van der Waals surface area contributed by atoms with Gasteiger partial charge in [0.2, 0.25) is 0 Å². The van der Waals surface area contributed by atoms with Crippen LogP contribution >= 0.6 is 23.2 Å². The molecule has 0 amide bonds. The molecule has 1 aliphatic heterocycles. The number of hydrogen-bond donors (Lipinski definition) is 2. The van der Waals surface area contributed by atoms with Crippen LogP contribution in [0.5, 0.6) is 0 Å². The van der Waals surface area contributed by atoms with E-state index in [0.29, 0.717) is 39.8 Å². The van der Waals surface area contributed by atoms with Crippen LogP contribution in [0.25, 0.3) is 10.9 Å². The van der Waals surface area contributed by atoms with Gasteiger partial charge < -0.3 is 9.72 Å². The molecule has 10 heteroatoms. The largest absolute Gasteiger partial charge is 0.376 e. The Hall–Kier alpha value is -1.74. The molecule has 0 bridgehead atoms. The number of halogens is 2. The van der Waals surface area contributed by atoms with Crippen LogP contribution < -0.4 is 4.72 Å². The summed E-state index contributed by atoms with van der Waals surface area (Å²) < 4.78 is 34.8. The van der Waals surface area contributed by atoms with Gasteiger partial charge in [0.05, 0.1) is 40.7 Å². The van der Waals surface area contributed by atoms with E-state index in [9.17, 15) is 8.42 Å². The minimum atomic E-state index is -3.81. The van der Waals surface area contributed by atoms with Crippen LogP contribution in [0.2, 0.25) is 10.0 Å². The Morgan fingerprint density at radius 3 is 2.76 bits per heavy atom. The fourth-order valence-electron chi connectivity index (χ4n) is 2.73. The van der Waals surface area contributed by atoms with E-state index in [4.69, 9.17) is 27.9 Å². The highest BCUT2D eigenvalue weighted by atomic mass is 35.5. The third kappa shape index (κ3) is 2.69. The van der Waals surface area contributed by atoms with E-state index in [-0.39, 0.29) is 10.4 Å². The lowest BCUT2D eigenvalue weighted by Crippen LogP contribution is -2.49. The number of aromatic amines is 1. The van der Waals surface area contributed by atoms with Crippen LogP contribution in [0.15, 0.2) is 35.6 Å². The summed E-state index contributed by atoms with van der Waals surface area (Å²) in [7, 11) is -3.81. The first kappa shape index (κ1) is 16.7. The summed E-state index contributed by atoms with van der Waals surface area (Å²) in [5.41, 5.74) is 0.568. The first-order chi connectivity index (χ1) is 11.8. The van der Waals surface area contributed by atoms with Gasteiger partial charge in [0, 0.05) is 17.8 Å². The predicted octanol–water partition coefficient (Wildman–Crippen LogP) is 3.22. The lowest BCUT2D eigenvalue weighted by atomic mass is 10.0. The summed E-state index contributed by atoms with van der Waals surface area (Å²) >= 11 is 12.2. The zero-order valence-electron chi connectivity index (χ0n) is 13.1. The molecular weight excluding hydrogens is 387 g/mol. The van der Waals surface area contributed by atoms with Crippen molar-refractivity contribution in [2.24, 2.45) is 0 Å². The first-order valence-corrected chi connectivity index (χ1v) is 9.65. The number of fused-ring (bicyclic) bond motifs is 1. The van der Waals surface area contributed by atoms with Gasteiger partial charge in [0.15, 0.2) is 0 Å². The van der Waals surface area contributed by atoms with Gasteiger partial charge in [-0.05, 0) is 19.1 Å². The Morgan fingerprint density at radius 1 is 1.32 bits per heavy atom. The average Bonchev–Trinajstić information content (AvgIpc) is 3.16. The highest BCUT2D eigenvalue weighted by Gasteiger charge is 2.37. The Bertz CT molecular complexity index is 1070. The molecule has 1 aliphatic rings. The number of anilines is 1. The quantitative estimate of drug-likeness (QED) is 0.703. The molecule has 0 atom stereocenters. The fraction of sp³-hybridized carbons (Fsp3) is 0.267. The van der Waals surface area contributed by atoms with E-state index in [1.54, 1.807) is 23.0 Å². The third-order valence-electron chi connectivity index (χ3n) is 4.23. The van der Waals surface area contributed by atoms with E-state index in [1.807, 2.05) is 6.92 Å². The number of benzene rings is 1. The molecule has 2 N–H and O–H groups in total. The molecule has 3 heterocycles. The molecule has 2 aromatic heterocycles. The standard InChI is InChI=1S/C15H14Cl2N4O3S/c1-15(7-24-8-15)21-6-9(4-19-21)25(22,23)20-12-3-2-10(16)13-11(17)5-18-14(12)13/h2-6,18,20H,7-8H2,1H3. The summed E-state index contributed by atoms with van der Waals surface area (Å²) in [6.07, 6.45) is 4.38. The molecule has 1 saturated heterocycles. The lowest BCUT2D eigenvalue weighted by molar-refractivity contribution is -0.0959. The summed E-state index contributed by atoms with van der Waals surface area (Å²) in [6, 6.07) is 3.18. The number of nitrogens with zero attached hydrogens (tertiary/aromatic N) is 2. The number of nitrogens with one attached hydrogen (secondary N) is 2. The van der Waals surface area contributed by atoms with Crippen LogP contribution in [0.3, 0.4) is 0 Å². The summed E-state index contributed by atoms with van der Waals surface area (Å²) in [4.78, 5) is 3.01. The maximum absolute atomic E-state index is 12.7. The van der Waals surface area contributed by atoms with Gasteiger partial charge in [-0.2, -0.15) is 5.10 Å². The molecule has 0 aliphatic carbocycles. The Balaban J connectivity index is 1.70. The summed E-state index contributed by atoms with van der Waals surface area (Å²) in [5, 5.41) is 5.60. The van der Waals surface area contributed by atoms with Gasteiger partial charge >= 0.3 is 0 Å². The second kappa shape index (κ2) is 5.63. The van der Waals surface area contributed by atoms with E-state index in [1.165, 1.54) is 12.4 Å². The Morgan fingerprint density at radius 2 is 2.08 bits per heavy atom. The first-order valence-electron chi connectivity index (χ1n) is 7.41. The maximum atomic E-state index is 12.7. The average molecular weight is 401 g/mol. The molecular formula is C15H14Cl2N4O3S. The summed E-state index contributed by atoms with van der Waals surface area (Å²) in [6.45, 7) is 2.96. The van der Waals surface area contributed by atoms with Crippen molar-refractivity contribution in [3.05, 3.63) is 40.8 Å². The van der Waals surface area contributed by atoms with E-state index < -0.39 is 10.0 Å². The molecule has 7 nitrogen and oxygen atoms in total. The van der Waals surface area contributed by atoms with E-state index in [0.717, 1.165) is 0 Å². The highest BCUT2D eigenvalue weighted by Crippen LogP contribution is 2.35. The topological polar surface area (TPSA) is 89.0 Å². The number of rotatable bonds is 4. The van der Waals surface area contributed by atoms with E-state index >= 15 is 0 Å². The van der Waals surface area contributed by atoms with Crippen LogP contribution in [0, 0.1) is 0 Å². The third-order valence-corrected chi connectivity index (χ3v) is 6.16. The van der Waals surface area contributed by atoms with Crippen molar-refractivity contribution in [1.82, 2.24) is 14.8 Å². The molecule has 132 valence electrons. The van der Waals surface area contributed by atoms with Gasteiger partial charge in [-0.15, -0.1) is 0 Å². The van der Waals surface area contributed by atoms with Gasteiger partial charge in [-0.25, -0.2) is 8.42 Å². The van der Waals surface area contributed by atoms with Crippen LogP contribution in [0.1, 0.15) is 6.92 Å². The van der Waals surface area contributed by atoms with Crippen molar-refractivity contribution >= 4 is 49.8 Å². The second-order valence-corrected chi connectivity index (χ2v) is 8.69. The number of H-pyrrole nitrogens is 1. The van der Waals surface area contributed by atoms with Gasteiger partial charge in [-0.3, -0.25) is 9.40 Å². The van der Waals surface area contributed by atoms with Crippen molar-refractivity contribution in [3.8, 4) is 0 Å². The van der Waals surface area contributed by atoms with Crippen LogP contribution in [-0.2, 0) is 20.3 Å². The molecule has 3 aromatic rings. The molecule has 0 unspecified atom stereocenters. The highest BCUT2D eigenvalue weighted by molar-refractivity contribution is 7.92. The number of ether oxygens (including phenoxy) is 1. The minimum absolute atomic E-state index is 0.0707. The number of hydrogen-bond acceptors (Lipinski definition) is 4. The molecule has 0 spiro atoms. The molecule has 25 heavy (non-hydrogen) atoms. The smallest absolute Gasteiger partial charge is 0.265 e. The normalized spacial score (nSPS) is 16.8. The van der Waals surface area contributed by atoms with Crippen molar-refractivity contribution < 1.29 is 13.2 Å². The number of aromatic nitrogens is 3. The van der Waals surface area contributed by atoms with Crippen molar-refractivity contribution in [2.75, 3.05) is 17.9 Å². The SMILES string of the molecule is CC1(n2cc(S(=O)(=O)Nc3ccc(Cl)c4c(Cl)c[nH]c34)cn2)COC1. The van der Waals surface area contributed by atoms with Gasteiger partial charge in [0.25, 0.3) is 10.0 Å². The van der Waals surface area contributed by atoms with Crippen molar-refractivity contribution in [2.45, 2.75) is 17.4 Å². The molecule has 0 radical (unpaired) electrons. The zero-order chi connectivity index (χ0) is 17.8. The van der Waals surface area contributed by atoms with E-state index in [2.05, 4.69) is 14.8 Å². The van der Waals surface area contributed by atoms with Crippen molar-refractivity contribution in [1.29, 1.82) is 0 Å². The lowest BCUT2D eigenvalue weighted by Gasteiger charge is -2.38. The molecule has 1 aromatic carbocycles. The van der Waals surface area contributed by atoms with Crippen LogP contribution in [0.4, 0.5) is 5.69 Å². The molecule has 1 fully saturated rings. The molecule has 0 saturated carbocycles. The van der Waals surface area contributed by atoms with Gasteiger partial charge in [0.1, 0.15) is 10.4 Å². The van der Waals surface area contributed by atoms with Crippen molar-refractivity contribution in [3.63, 3.8) is 0 Å². The summed E-state index contributed by atoms with van der Waals surface area (Å²) in [5.74, 6) is 0. The Labute approximate surface area is 153 Å². The predicted molar refractivity (Wildman–Crippen MR) is 95.8 cm³/mol. The zero-order valence-corrected chi connectivity index (χ0v) is 15.4. The molecule has 4 rings (SSSR count). The minimum Gasteiger partial charge on any atom is -0.376 e.